The molecular formula is C32H33FN10O2. The number of morpholine rings is 1. The van der Waals surface area contributed by atoms with Crippen LogP contribution in [0.25, 0.3) is 22.4 Å². The Kier molecular flexibility index (Phi) is 8.25. The number of urea groups is 1. The van der Waals surface area contributed by atoms with Crippen LogP contribution in [0.4, 0.5) is 26.4 Å². The summed E-state index contributed by atoms with van der Waals surface area (Å²) in [6.07, 6.45) is 10.5. The van der Waals surface area contributed by atoms with Gasteiger partial charge < -0.3 is 20.3 Å². The molecule has 45 heavy (non-hydrogen) atoms. The minimum atomic E-state index is -0.597. The van der Waals surface area contributed by atoms with Gasteiger partial charge in [-0.1, -0.05) is 6.07 Å². The van der Waals surface area contributed by atoms with Crippen molar-refractivity contribution in [2.45, 2.75) is 25.4 Å². The van der Waals surface area contributed by atoms with E-state index in [-0.39, 0.29) is 11.7 Å². The zero-order valence-electron chi connectivity index (χ0n) is 24.6. The number of aromatic nitrogens is 6. The van der Waals surface area contributed by atoms with Crippen LogP contribution in [0.15, 0.2) is 73.4 Å². The Morgan fingerprint density at radius 2 is 1.73 bits per heavy atom. The lowest BCUT2D eigenvalue weighted by molar-refractivity contribution is 0.122. The number of hydrogen-bond donors (Lipinski definition) is 2. The average Bonchev–Trinajstić information content (AvgIpc) is 3.51. The molecule has 2 saturated heterocycles. The molecule has 1 aromatic carbocycles. The molecule has 12 nitrogen and oxygen atoms in total. The fourth-order valence-electron chi connectivity index (χ4n) is 5.87. The maximum atomic E-state index is 15.3. The van der Waals surface area contributed by atoms with Gasteiger partial charge in [0.25, 0.3) is 0 Å². The molecule has 0 saturated carbocycles. The van der Waals surface area contributed by atoms with Gasteiger partial charge in [0.1, 0.15) is 11.6 Å². The summed E-state index contributed by atoms with van der Waals surface area (Å²) in [6.45, 7) is 5.31. The number of piperidine rings is 1. The number of fused-ring (bicyclic) bond motifs is 1. The van der Waals surface area contributed by atoms with Crippen LogP contribution in [0.2, 0.25) is 0 Å². The number of pyridine rings is 2. The summed E-state index contributed by atoms with van der Waals surface area (Å²) in [7, 11) is 0. The van der Waals surface area contributed by atoms with Gasteiger partial charge in [-0.05, 0) is 54.8 Å². The third-order valence-corrected chi connectivity index (χ3v) is 8.17. The topological polar surface area (TPSA) is 126 Å². The predicted molar refractivity (Wildman–Crippen MR) is 168 cm³/mol. The first kappa shape index (κ1) is 28.7. The van der Waals surface area contributed by atoms with E-state index >= 15 is 4.39 Å². The van der Waals surface area contributed by atoms with Crippen molar-refractivity contribution in [3.05, 3.63) is 84.8 Å². The average molecular weight is 609 g/mol. The summed E-state index contributed by atoms with van der Waals surface area (Å²) < 4.78 is 23.0. The first-order valence-electron chi connectivity index (χ1n) is 15.1. The van der Waals surface area contributed by atoms with Gasteiger partial charge in [0, 0.05) is 56.9 Å². The second kappa shape index (κ2) is 12.9. The van der Waals surface area contributed by atoms with Crippen molar-refractivity contribution in [3.63, 3.8) is 0 Å². The van der Waals surface area contributed by atoms with Gasteiger partial charge in [-0.2, -0.15) is 5.10 Å². The maximum absolute atomic E-state index is 15.3. The van der Waals surface area contributed by atoms with Gasteiger partial charge in [-0.25, -0.2) is 23.8 Å². The molecule has 4 aromatic heterocycles. The minimum absolute atomic E-state index is 0.0395. The molecule has 0 atom stereocenters. The van der Waals surface area contributed by atoms with E-state index in [9.17, 15) is 4.79 Å². The van der Waals surface area contributed by atoms with Crippen LogP contribution >= 0.6 is 0 Å². The normalized spacial score (nSPS) is 16.2. The highest BCUT2D eigenvalue weighted by molar-refractivity contribution is 5.99. The van der Waals surface area contributed by atoms with Gasteiger partial charge in [-0.15, -0.1) is 0 Å². The molecule has 6 heterocycles. The Morgan fingerprint density at radius 3 is 2.47 bits per heavy atom. The molecule has 0 aliphatic carbocycles. The van der Waals surface area contributed by atoms with Crippen molar-refractivity contribution >= 4 is 34.3 Å². The van der Waals surface area contributed by atoms with E-state index in [0.717, 1.165) is 49.3 Å². The summed E-state index contributed by atoms with van der Waals surface area (Å²) in [5, 5.41) is 10.9. The third kappa shape index (κ3) is 6.44. The molecule has 2 aliphatic heterocycles. The lowest BCUT2D eigenvalue weighted by Crippen LogP contribution is -2.37. The zero-order valence-corrected chi connectivity index (χ0v) is 24.6. The maximum Gasteiger partial charge on any atom is 0.323 e. The molecule has 0 unspecified atom stereocenters. The number of anilines is 3. The summed E-state index contributed by atoms with van der Waals surface area (Å²) >= 11 is 0. The highest BCUT2D eigenvalue weighted by Crippen LogP contribution is 2.33. The van der Waals surface area contributed by atoms with Crippen molar-refractivity contribution in [1.82, 2.24) is 34.6 Å². The highest BCUT2D eigenvalue weighted by atomic mass is 19.1. The number of likely N-dealkylation sites (tertiary alicyclic amines) is 1. The Morgan fingerprint density at radius 1 is 0.933 bits per heavy atom. The Balaban J connectivity index is 1.15. The van der Waals surface area contributed by atoms with Crippen LogP contribution in [0.3, 0.4) is 0 Å². The van der Waals surface area contributed by atoms with Gasteiger partial charge in [-0.3, -0.25) is 14.9 Å². The lowest BCUT2D eigenvalue weighted by atomic mass is 10.0. The third-order valence-electron chi connectivity index (χ3n) is 8.17. The molecule has 5 aromatic rings. The number of nitrogens with one attached hydrogen (secondary N) is 2. The number of carbonyl (C=O) groups excluding carboxylic acids is 1. The molecule has 2 N–H and O–H groups in total. The van der Waals surface area contributed by atoms with Crippen LogP contribution in [0.5, 0.6) is 0 Å². The first-order valence-corrected chi connectivity index (χ1v) is 15.1. The predicted octanol–water partition coefficient (Wildman–Crippen LogP) is 4.74. The molecular weight excluding hydrogens is 575 g/mol. The number of amides is 2. The number of nitrogens with zero attached hydrogens (tertiary/aromatic N) is 8. The summed E-state index contributed by atoms with van der Waals surface area (Å²) in [5.41, 5.74) is 2.97. The highest BCUT2D eigenvalue weighted by Gasteiger charge is 2.26. The molecule has 230 valence electrons. The fraction of sp³-hybridized carbons (Fsp3) is 0.312. The van der Waals surface area contributed by atoms with Crippen LogP contribution in [-0.4, -0.2) is 80.0 Å². The number of halogens is 1. The number of benzene rings is 1. The SMILES string of the molecule is O=C(Nc1cccnc1)Nc1ccc(-c2nc(N3CCOCC3)c3cnn(C4CCN(Cc5cccnc5)CC4)c3n2)cc1F. The quantitative estimate of drug-likeness (QED) is 0.269. The van der Waals surface area contributed by atoms with E-state index in [1.54, 1.807) is 30.6 Å². The van der Waals surface area contributed by atoms with E-state index in [1.165, 1.54) is 23.9 Å². The minimum Gasteiger partial charge on any atom is -0.378 e. The summed E-state index contributed by atoms with van der Waals surface area (Å²) in [5.74, 6) is 0.557. The lowest BCUT2D eigenvalue weighted by Gasteiger charge is -2.32. The summed E-state index contributed by atoms with van der Waals surface area (Å²) in [4.78, 5) is 35.1. The molecule has 0 spiro atoms. The number of hydrogen-bond acceptors (Lipinski definition) is 9. The van der Waals surface area contributed by atoms with Crippen LogP contribution < -0.4 is 15.5 Å². The second-order valence-electron chi connectivity index (χ2n) is 11.2. The number of ether oxygens (including phenoxy) is 1. The number of carbonyl (C=O) groups is 1. The van der Waals surface area contributed by atoms with Crippen LogP contribution in [-0.2, 0) is 11.3 Å². The smallest absolute Gasteiger partial charge is 0.323 e. The molecule has 0 radical (unpaired) electrons. The van der Waals surface area contributed by atoms with E-state index in [2.05, 4.69) is 36.5 Å². The van der Waals surface area contributed by atoms with Gasteiger partial charge >= 0.3 is 6.03 Å². The summed E-state index contributed by atoms with van der Waals surface area (Å²) in [6, 6.07) is 11.7. The van der Waals surface area contributed by atoms with Gasteiger partial charge in [0.2, 0.25) is 0 Å². The van der Waals surface area contributed by atoms with Crippen molar-refractivity contribution < 1.29 is 13.9 Å². The standard InChI is InChI=1S/C32H33FN10O2/c33-27-17-23(5-6-28(27)38-32(44)37-24-4-2-10-35-19-24)29-39-30(42-13-15-45-16-14-42)26-20-36-43(31(26)40-29)25-7-11-41(12-8-25)21-22-3-1-9-34-18-22/h1-6,9-10,17-20,25H,7-8,11-16,21H2,(H2,37,38,44). The molecule has 2 amide bonds. The largest absolute Gasteiger partial charge is 0.378 e. The molecule has 2 aliphatic rings. The van der Waals surface area contributed by atoms with Gasteiger partial charge in [0.05, 0.1) is 48.4 Å². The van der Waals surface area contributed by atoms with Crippen LogP contribution in [0.1, 0.15) is 24.4 Å². The van der Waals surface area contributed by atoms with Crippen molar-refractivity contribution in [3.8, 4) is 11.4 Å². The number of rotatable bonds is 7. The van der Waals surface area contributed by atoms with E-state index < -0.39 is 11.8 Å². The van der Waals surface area contributed by atoms with Crippen molar-refractivity contribution in [2.75, 3.05) is 54.9 Å². The zero-order chi connectivity index (χ0) is 30.6. The van der Waals surface area contributed by atoms with Gasteiger partial charge in [0.15, 0.2) is 11.5 Å². The Hall–Kier alpha value is -5.01. The Labute approximate surface area is 259 Å². The Bertz CT molecular complexity index is 1770. The van der Waals surface area contributed by atoms with Crippen molar-refractivity contribution in [1.29, 1.82) is 0 Å². The first-order chi connectivity index (χ1) is 22.1. The van der Waals surface area contributed by atoms with Crippen molar-refractivity contribution in [2.24, 2.45) is 0 Å². The second-order valence-corrected chi connectivity index (χ2v) is 11.2. The molecule has 7 rings (SSSR count). The van der Waals surface area contributed by atoms with E-state index in [0.29, 0.717) is 43.4 Å². The van der Waals surface area contributed by atoms with E-state index in [1.807, 2.05) is 23.1 Å². The molecule has 2 fully saturated rings. The molecule has 0 bridgehead atoms. The van der Waals surface area contributed by atoms with E-state index in [4.69, 9.17) is 19.8 Å². The molecule has 13 heteroatoms. The van der Waals surface area contributed by atoms with Crippen LogP contribution in [0, 0.1) is 5.82 Å². The fourth-order valence-corrected chi connectivity index (χ4v) is 5.87. The monoisotopic (exact) mass is 608 g/mol.